The Morgan fingerprint density at radius 3 is 2.03 bits per heavy atom. The molecular formula is C24H30FNO3. The van der Waals surface area contributed by atoms with E-state index in [4.69, 9.17) is 4.74 Å². The zero-order valence-corrected chi connectivity index (χ0v) is 17.3. The summed E-state index contributed by atoms with van der Waals surface area (Å²) in [5, 5.41) is 12.3. The first-order valence-electron chi connectivity index (χ1n) is 9.82. The van der Waals surface area contributed by atoms with Crippen molar-refractivity contribution in [3.05, 3.63) is 83.7 Å². The van der Waals surface area contributed by atoms with Crippen LogP contribution in [0, 0.1) is 5.92 Å². The molecule has 29 heavy (non-hydrogen) atoms. The predicted octanol–water partition coefficient (Wildman–Crippen LogP) is 4.83. The lowest BCUT2D eigenvalue weighted by Crippen LogP contribution is -2.41. The van der Waals surface area contributed by atoms with Crippen LogP contribution in [0.4, 0.5) is 9.18 Å². The highest BCUT2D eigenvalue weighted by Crippen LogP contribution is 2.18. The molecule has 0 heterocycles. The first-order valence-corrected chi connectivity index (χ1v) is 9.82. The van der Waals surface area contributed by atoms with Crippen LogP contribution < -0.4 is 5.32 Å². The molecule has 0 saturated heterocycles. The molecule has 2 atom stereocenters. The Hall–Kier alpha value is -2.66. The van der Waals surface area contributed by atoms with Gasteiger partial charge in [0, 0.05) is 12.5 Å². The molecule has 2 N–H and O–H groups in total. The summed E-state index contributed by atoms with van der Waals surface area (Å²) in [4.78, 5) is 12.2. The Bertz CT molecular complexity index is 785. The highest BCUT2D eigenvalue weighted by atomic mass is 19.1. The third-order valence-corrected chi connectivity index (χ3v) is 4.28. The Morgan fingerprint density at radius 1 is 1.03 bits per heavy atom. The fourth-order valence-corrected chi connectivity index (χ4v) is 2.95. The average Bonchev–Trinajstić information content (AvgIpc) is 2.67. The molecular weight excluding hydrogens is 369 g/mol. The SMILES string of the molecule is CC(C)(C)OC(=O)N[C@H](Cc1ccccc1)/C(F)=C/[C@@H](CO)Cc1ccccc1. The summed E-state index contributed by atoms with van der Waals surface area (Å²) in [6, 6.07) is 18.1. The topological polar surface area (TPSA) is 58.6 Å². The number of carbonyl (C=O) groups excluding carboxylic acids is 1. The molecule has 0 aromatic heterocycles. The van der Waals surface area contributed by atoms with Crippen LogP contribution in [0.2, 0.25) is 0 Å². The Morgan fingerprint density at radius 2 is 1.55 bits per heavy atom. The minimum Gasteiger partial charge on any atom is -0.444 e. The van der Waals surface area contributed by atoms with Crippen molar-refractivity contribution in [2.45, 2.75) is 45.3 Å². The highest BCUT2D eigenvalue weighted by Gasteiger charge is 2.23. The van der Waals surface area contributed by atoms with Crippen LogP contribution in [0.25, 0.3) is 0 Å². The molecule has 156 valence electrons. The fourth-order valence-electron chi connectivity index (χ4n) is 2.95. The number of benzene rings is 2. The van der Waals surface area contributed by atoms with Crippen molar-refractivity contribution in [3.63, 3.8) is 0 Å². The molecule has 0 saturated carbocycles. The van der Waals surface area contributed by atoms with Gasteiger partial charge in [0.2, 0.25) is 0 Å². The van der Waals surface area contributed by atoms with E-state index < -0.39 is 29.5 Å². The van der Waals surface area contributed by atoms with Gasteiger partial charge in [-0.2, -0.15) is 0 Å². The number of hydrogen-bond donors (Lipinski definition) is 2. The molecule has 5 heteroatoms. The zero-order valence-electron chi connectivity index (χ0n) is 17.3. The van der Waals surface area contributed by atoms with Crippen molar-refractivity contribution in [1.82, 2.24) is 5.32 Å². The Kier molecular flexibility index (Phi) is 8.40. The van der Waals surface area contributed by atoms with Crippen LogP contribution in [0.1, 0.15) is 31.9 Å². The number of amides is 1. The molecule has 0 aliphatic carbocycles. The minimum atomic E-state index is -0.878. The summed E-state index contributed by atoms with van der Waals surface area (Å²) in [5.74, 6) is -0.884. The van der Waals surface area contributed by atoms with Crippen LogP contribution >= 0.6 is 0 Å². The molecule has 0 spiro atoms. The lowest BCUT2D eigenvalue weighted by atomic mass is 9.97. The van der Waals surface area contributed by atoms with Gasteiger partial charge in [-0.05, 0) is 50.8 Å². The lowest BCUT2D eigenvalue weighted by Gasteiger charge is -2.23. The molecule has 0 radical (unpaired) electrons. The molecule has 1 amide bonds. The van der Waals surface area contributed by atoms with E-state index in [1.807, 2.05) is 60.7 Å². The maximum absolute atomic E-state index is 15.2. The Balaban J connectivity index is 2.17. The van der Waals surface area contributed by atoms with E-state index in [1.54, 1.807) is 20.8 Å². The maximum Gasteiger partial charge on any atom is 0.408 e. The van der Waals surface area contributed by atoms with Gasteiger partial charge >= 0.3 is 6.09 Å². The number of hydrogen-bond acceptors (Lipinski definition) is 3. The normalized spacial score (nSPS) is 14.2. The fraction of sp³-hybridized carbons (Fsp3) is 0.375. The van der Waals surface area contributed by atoms with E-state index in [1.165, 1.54) is 6.08 Å². The third kappa shape index (κ3) is 8.48. The summed E-state index contributed by atoms with van der Waals surface area (Å²) in [6.07, 6.45) is 1.52. The summed E-state index contributed by atoms with van der Waals surface area (Å²) < 4.78 is 20.5. The monoisotopic (exact) mass is 399 g/mol. The molecule has 0 aliphatic rings. The second-order valence-electron chi connectivity index (χ2n) is 8.07. The summed E-state index contributed by atoms with van der Waals surface area (Å²) in [5.41, 5.74) is 1.22. The van der Waals surface area contributed by atoms with Crippen molar-refractivity contribution in [1.29, 1.82) is 0 Å². The minimum absolute atomic E-state index is 0.188. The number of halogens is 1. The van der Waals surface area contributed by atoms with Crippen LogP contribution in [-0.2, 0) is 17.6 Å². The number of alkyl carbamates (subject to hydrolysis) is 1. The van der Waals surface area contributed by atoms with Gasteiger partial charge < -0.3 is 15.2 Å². The van der Waals surface area contributed by atoms with Gasteiger partial charge in [-0.25, -0.2) is 9.18 Å². The molecule has 2 aromatic rings. The van der Waals surface area contributed by atoms with Gasteiger partial charge in [0.15, 0.2) is 0 Å². The number of carbonyl (C=O) groups is 1. The summed E-state index contributed by atoms with van der Waals surface area (Å²) >= 11 is 0. The van der Waals surface area contributed by atoms with Crippen LogP contribution in [-0.4, -0.2) is 29.4 Å². The third-order valence-electron chi connectivity index (χ3n) is 4.28. The molecule has 0 bridgehead atoms. The van der Waals surface area contributed by atoms with Crippen molar-refractivity contribution in [2.24, 2.45) is 5.92 Å². The van der Waals surface area contributed by atoms with Gasteiger partial charge in [-0.1, -0.05) is 60.7 Å². The van der Waals surface area contributed by atoms with Crippen LogP contribution in [0.3, 0.4) is 0 Å². The van der Waals surface area contributed by atoms with Gasteiger partial charge in [0.05, 0.1) is 6.04 Å². The van der Waals surface area contributed by atoms with E-state index >= 15 is 4.39 Å². The Labute approximate surface area is 172 Å². The van der Waals surface area contributed by atoms with Crippen molar-refractivity contribution >= 4 is 6.09 Å². The number of rotatable bonds is 8. The van der Waals surface area contributed by atoms with E-state index in [0.717, 1.165) is 11.1 Å². The van der Waals surface area contributed by atoms with Crippen LogP contribution in [0.5, 0.6) is 0 Å². The number of nitrogens with one attached hydrogen (secondary N) is 1. The molecule has 0 unspecified atom stereocenters. The van der Waals surface area contributed by atoms with Gasteiger partial charge in [0.25, 0.3) is 0 Å². The average molecular weight is 400 g/mol. The van der Waals surface area contributed by atoms with Crippen molar-refractivity contribution in [3.8, 4) is 0 Å². The highest BCUT2D eigenvalue weighted by molar-refractivity contribution is 5.68. The predicted molar refractivity (Wildman–Crippen MR) is 113 cm³/mol. The zero-order chi connectivity index (χ0) is 21.3. The molecule has 0 aliphatic heterocycles. The van der Waals surface area contributed by atoms with Crippen molar-refractivity contribution in [2.75, 3.05) is 6.61 Å². The summed E-state index contributed by atoms with van der Waals surface area (Å²) in [7, 11) is 0. The van der Waals surface area contributed by atoms with Crippen LogP contribution in [0.15, 0.2) is 72.6 Å². The standard InChI is InChI=1S/C24H30FNO3/c1-24(2,3)29-23(28)26-22(16-19-12-8-5-9-13-19)21(25)15-20(17-27)14-18-10-6-4-7-11-18/h4-13,15,20,22,27H,14,16-17H2,1-3H3,(H,26,28)/b21-15-/t20-,22+/m0/s1. The number of aliphatic hydroxyl groups excluding tert-OH is 1. The second-order valence-corrected chi connectivity index (χ2v) is 8.07. The first-order chi connectivity index (χ1) is 13.8. The second kappa shape index (κ2) is 10.8. The van der Waals surface area contributed by atoms with E-state index in [2.05, 4.69) is 5.32 Å². The quantitative estimate of drug-likeness (QED) is 0.669. The van der Waals surface area contributed by atoms with E-state index in [0.29, 0.717) is 6.42 Å². The van der Waals surface area contributed by atoms with Gasteiger partial charge in [-0.15, -0.1) is 0 Å². The summed E-state index contributed by atoms with van der Waals surface area (Å²) in [6.45, 7) is 5.08. The van der Waals surface area contributed by atoms with Gasteiger partial charge in [0.1, 0.15) is 11.4 Å². The number of aliphatic hydroxyl groups is 1. The van der Waals surface area contributed by atoms with Gasteiger partial charge in [-0.3, -0.25) is 0 Å². The largest absolute Gasteiger partial charge is 0.444 e. The van der Waals surface area contributed by atoms with E-state index in [9.17, 15) is 9.90 Å². The smallest absolute Gasteiger partial charge is 0.408 e. The maximum atomic E-state index is 15.2. The molecule has 2 rings (SSSR count). The lowest BCUT2D eigenvalue weighted by molar-refractivity contribution is 0.0506. The molecule has 2 aromatic carbocycles. The van der Waals surface area contributed by atoms with E-state index in [-0.39, 0.29) is 13.0 Å². The molecule has 0 fully saturated rings. The van der Waals surface area contributed by atoms with Crippen molar-refractivity contribution < 1.29 is 19.0 Å². The first kappa shape index (κ1) is 22.6. The number of ether oxygens (including phenoxy) is 1. The molecule has 4 nitrogen and oxygen atoms in total.